The molecule has 0 fully saturated rings. The van der Waals surface area contributed by atoms with E-state index >= 15 is 0 Å². The molecular formula is C17H19N3O4S. The van der Waals surface area contributed by atoms with Crippen LogP contribution in [0.4, 0.5) is 5.69 Å². The molecule has 25 heavy (non-hydrogen) atoms. The average molecular weight is 361 g/mol. The SMILES string of the molecule is COc1ccc(NC(=S)NNC(=O)COc2ccc(OC)cc2)cc1. The highest BCUT2D eigenvalue weighted by Crippen LogP contribution is 2.17. The van der Waals surface area contributed by atoms with Gasteiger partial charge in [0.2, 0.25) is 0 Å². The first-order valence-corrected chi connectivity index (χ1v) is 7.78. The van der Waals surface area contributed by atoms with Crippen LogP contribution < -0.4 is 30.4 Å². The minimum atomic E-state index is -0.366. The number of carbonyl (C=O) groups is 1. The summed E-state index contributed by atoms with van der Waals surface area (Å²) < 4.78 is 15.5. The van der Waals surface area contributed by atoms with E-state index in [9.17, 15) is 4.79 Å². The third kappa shape index (κ3) is 6.19. The van der Waals surface area contributed by atoms with Gasteiger partial charge in [-0.05, 0) is 60.7 Å². The summed E-state index contributed by atoms with van der Waals surface area (Å²) in [6.07, 6.45) is 0. The van der Waals surface area contributed by atoms with Gasteiger partial charge in [-0.15, -0.1) is 0 Å². The van der Waals surface area contributed by atoms with Crippen molar-refractivity contribution >= 4 is 28.9 Å². The van der Waals surface area contributed by atoms with Crippen molar-refractivity contribution < 1.29 is 19.0 Å². The molecule has 0 unspecified atom stereocenters. The number of rotatable bonds is 6. The molecule has 0 aliphatic heterocycles. The van der Waals surface area contributed by atoms with Crippen molar-refractivity contribution in [3.63, 3.8) is 0 Å². The molecule has 0 heterocycles. The van der Waals surface area contributed by atoms with Crippen molar-refractivity contribution in [2.75, 3.05) is 26.1 Å². The normalized spacial score (nSPS) is 9.68. The maximum Gasteiger partial charge on any atom is 0.276 e. The predicted molar refractivity (Wildman–Crippen MR) is 99.0 cm³/mol. The van der Waals surface area contributed by atoms with Gasteiger partial charge in [0, 0.05) is 5.69 Å². The summed E-state index contributed by atoms with van der Waals surface area (Å²) in [4.78, 5) is 11.8. The molecule has 2 aromatic rings. The van der Waals surface area contributed by atoms with Crippen molar-refractivity contribution in [1.29, 1.82) is 0 Å². The number of nitrogens with one attached hydrogen (secondary N) is 3. The second-order valence-electron chi connectivity index (χ2n) is 4.82. The van der Waals surface area contributed by atoms with E-state index in [1.165, 1.54) is 0 Å². The summed E-state index contributed by atoms with van der Waals surface area (Å²) in [6, 6.07) is 14.1. The molecule has 8 heteroatoms. The Labute approximate surface area is 151 Å². The van der Waals surface area contributed by atoms with Crippen molar-refractivity contribution in [3.05, 3.63) is 48.5 Å². The van der Waals surface area contributed by atoms with Gasteiger partial charge in [-0.2, -0.15) is 0 Å². The van der Waals surface area contributed by atoms with E-state index in [2.05, 4.69) is 16.2 Å². The Hall–Kier alpha value is -3.00. The summed E-state index contributed by atoms with van der Waals surface area (Å²) in [5, 5.41) is 3.18. The molecule has 0 saturated heterocycles. The Balaban J connectivity index is 1.70. The third-order valence-electron chi connectivity index (χ3n) is 3.09. The Kier molecular flexibility index (Phi) is 6.85. The molecule has 132 valence electrons. The standard InChI is InChI=1S/C17H19N3O4S/c1-22-13-5-3-12(4-6-13)18-17(25)20-19-16(21)11-24-15-9-7-14(23-2)8-10-15/h3-10H,11H2,1-2H3,(H,19,21)(H2,18,20,25). The summed E-state index contributed by atoms with van der Waals surface area (Å²) >= 11 is 5.10. The molecule has 0 aliphatic carbocycles. The maximum absolute atomic E-state index is 11.8. The van der Waals surface area contributed by atoms with Crippen LogP contribution in [0.1, 0.15) is 0 Å². The molecule has 2 aromatic carbocycles. The van der Waals surface area contributed by atoms with Crippen molar-refractivity contribution in [1.82, 2.24) is 10.9 Å². The van der Waals surface area contributed by atoms with Crippen LogP contribution in [0.25, 0.3) is 0 Å². The molecule has 2 rings (SSSR count). The molecule has 3 N–H and O–H groups in total. The van der Waals surface area contributed by atoms with Crippen molar-refractivity contribution in [2.24, 2.45) is 0 Å². The molecule has 0 radical (unpaired) electrons. The first-order chi connectivity index (χ1) is 12.1. The lowest BCUT2D eigenvalue weighted by molar-refractivity contribution is -0.123. The average Bonchev–Trinajstić information content (AvgIpc) is 2.65. The van der Waals surface area contributed by atoms with Gasteiger partial charge >= 0.3 is 0 Å². The topological polar surface area (TPSA) is 80.9 Å². The number of amides is 1. The summed E-state index contributed by atoms with van der Waals surface area (Å²) in [6.45, 7) is -0.148. The highest BCUT2D eigenvalue weighted by molar-refractivity contribution is 7.80. The fraction of sp³-hybridized carbons (Fsp3) is 0.176. The van der Waals surface area contributed by atoms with Crippen LogP contribution in [-0.2, 0) is 4.79 Å². The van der Waals surface area contributed by atoms with Crippen LogP contribution in [0, 0.1) is 0 Å². The van der Waals surface area contributed by atoms with Crippen molar-refractivity contribution in [3.8, 4) is 17.2 Å². The molecule has 0 saturated carbocycles. The molecule has 7 nitrogen and oxygen atoms in total. The van der Waals surface area contributed by atoms with Gasteiger partial charge < -0.3 is 19.5 Å². The summed E-state index contributed by atoms with van der Waals surface area (Å²) in [7, 11) is 3.18. The number of hydrazine groups is 1. The van der Waals surface area contributed by atoms with Crippen LogP contribution >= 0.6 is 12.2 Å². The lowest BCUT2D eigenvalue weighted by Gasteiger charge is -2.12. The smallest absolute Gasteiger partial charge is 0.276 e. The van der Waals surface area contributed by atoms with E-state index in [1.807, 2.05) is 0 Å². The number of ether oxygens (including phenoxy) is 3. The lowest BCUT2D eigenvalue weighted by Crippen LogP contribution is -2.45. The fourth-order valence-electron chi connectivity index (χ4n) is 1.82. The maximum atomic E-state index is 11.8. The van der Waals surface area contributed by atoms with E-state index in [-0.39, 0.29) is 17.6 Å². The summed E-state index contributed by atoms with van der Waals surface area (Å²) in [5.41, 5.74) is 5.82. The van der Waals surface area contributed by atoms with Crippen LogP contribution in [0.3, 0.4) is 0 Å². The van der Waals surface area contributed by atoms with Gasteiger partial charge in [-0.3, -0.25) is 15.6 Å². The minimum Gasteiger partial charge on any atom is -0.497 e. The first-order valence-electron chi connectivity index (χ1n) is 7.37. The molecule has 0 spiro atoms. The molecular weight excluding hydrogens is 342 g/mol. The van der Waals surface area contributed by atoms with Crippen LogP contribution in [0.5, 0.6) is 17.2 Å². The van der Waals surface area contributed by atoms with Crippen LogP contribution in [0.15, 0.2) is 48.5 Å². The number of hydrogen-bond donors (Lipinski definition) is 3. The number of methoxy groups -OCH3 is 2. The molecule has 1 amide bonds. The molecule has 0 bridgehead atoms. The minimum absolute atomic E-state index is 0.148. The van der Waals surface area contributed by atoms with Crippen molar-refractivity contribution in [2.45, 2.75) is 0 Å². The van der Waals surface area contributed by atoms with Gasteiger partial charge in [0.15, 0.2) is 11.7 Å². The van der Waals surface area contributed by atoms with E-state index in [1.54, 1.807) is 62.8 Å². The second kappa shape index (κ2) is 9.33. The van der Waals surface area contributed by atoms with Gasteiger partial charge in [0.1, 0.15) is 17.2 Å². The zero-order valence-corrected chi connectivity index (χ0v) is 14.7. The number of hydrogen-bond acceptors (Lipinski definition) is 5. The number of anilines is 1. The number of thiocarbonyl (C=S) groups is 1. The number of carbonyl (C=O) groups excluding carboxylic acids is 1. The van der Waals surface area contributed by atoms with E-state index < -0.39 is 0 Å². The zero-order chi connectivity index (χ0) is 18.1. The quantitative estimate of drug-likeness (QED) is 0.537. The molecule has 0 atom stereocenters. The van der Waals surface area contributed by atoms with E-state index in [0.29, 0.717) is 11.5 Å². The van der Waals surface area contributed by atoms with Gasteiger partial charge in [-0.25, -0.2) is 0 Å². The summed E-state index contributed by atoms with van der Waals surface area (Å²) in [5.74, 6) is 1.66. The number of benzene rings is 2. The largest absolute Gasteiger partial charge is 0.497 e. The molecule has 0 aliphatic rings. The van der Waals surface area contributed by atoms with Crippen LogP contribution in [-0.4, -0.2) is 31.8 Å². The Morgan fingerprint density at radius 2 is 1.40 bits per heavy atom. The van der Waals surface area contributed by atoms with Gasteiger partial charge in [-0.1, -0.05) is 0 Å². The highest BCUT2D eigenvalue weighted by Gasteiger charge is 2.04. The highest BCUT2D eigenvalue weighted by atomic mass is 32.1. The lowest BCUT2D eigenvalue weighted by atomic mass is 10.3. The first kappa shape index (κ1) is 18.3. The van der Waals surface area contributed by atoms with Crippen LogP contribution in [0.2, 0.25) is 0 Å². The third-order valence-corrected chi connectivity index (χ3v) is 3.30. The Morgan fingerprint density at radius 3 is 1.96 bits per heavy atom. The zero-order valence-electron chi connectivity index (χ0n) is 13.9. The second-order valence-corrected chi connectivity index (χ2v) is 5.23. The Morgan fingerprint density at radius 1 is 0.880 bits per heavy atom. The molecule has 0 aromatic heterocycles. The predicted octanol–water partition coefficient (Wildman–Crippen LogP) is 2.10. The fourth-order valence-corrected chi connectivity index (χ4v) is 1.99. The monoisotopic (exact) mass is 361 g/mol. The van der Waals surface area contributed by atoms with Gasteiger partial charge in [0.05, 0.1) is 14.2 Å². The van der Waals surface area contributed by atoms with E-state index in [0.717, 1.165) is 11.4 Å². The van der Waals surface area contributed by atoms with Gasteiger partial charge in [0.25, 0.3) is 5.91 Å². The Bertz CT molecular complexity index is 705. The van der Waals surface area contributed by atoms with E-state index in [4.69, 9.17) is 26.4 Å².